The van der Waals surface area contributed by atoms with Gasteiger partial charge < -0.3 is 21.9 Å². The van der Waals surface area contributed by atoms with Crippen molar-refractivity contribution < 1.29 is 19.5 Å². The van der Waals surface area contributed by atoms with Crippen LogP contribution in [0.3, 0.4) is 0 Å². The predicted octanol–water partition coefficient (Wildman–Crippen LogP) is -1.10. The van der Waals surface area contributed by atoms with Gasteiger partial charge >= 0.3 is 5.97 Å². The van der Waals surface area contributed by atoms with Crippen molar-refractivity contribution in [2.24, 2.45) is 11.5 Å². The number of hydrogen-bond donors (Lipinski definition) is 4. The minimum absolute atomic E-state index is 0.0361. The molecular formula is C10H19N3O4S. The van der Waals surface area contributed by atoms with E-state index in [2.05, 4.69) is 5.32 Å². The Bertz CT molecular complexity index is 311. The number of nitrogens with one attached hydrogen (secondary N) is 1. The molecule has 0 aliphatic rings. The van der Waals surface area contributed by atoms with E-state index < -0.39 is 29.9 Å². The van der Waals surface area contributed by atoms with Gasteiger partial charge in [0.05, 0.1) is 6.04 Å². The van der Waals surface area contributed by atoms with E-state index in [1.54, 1.807) is 11.8 Å². The summed E-state index contributed by atoms with van der Waals surface area (Å²) in [5.41, 5.74) is 10.5. The topological polar surface area (TPSA) is 136 Å². The van der Waals surface area contributed by atoms with Crippen LogP contribution in [0.2, 0.25) is 0 Å². The van der Waals surface area contributed by atoms with Gasteiger partial charge in [0.1, 0.15) is 6.04 Å². The molecule has 0 radical (unpaired) electrons. The average molecular weight is 277 g/mol. The molecule has 0 spiro atoms. The smallest absolute Gasteiger partial charge is 0.326 e. The van der Waals surface area contributed by atoms with Crippen molar-refractivity contribution in [1.29, 1.82) is 0 Å². The summed E-state index contributed by atoms with van der Waals surface area (Å²) in [5, 5.41) is 11.2. The second-order valence-electron chi connectivity index (χ2n) is 3.79. The number of amides is 2. The number of thioether (sulfide) groups is 1. The zero-order valence-corrected chi connectivity index (χ0v) is 11.0. The van der Waals surface area contributed by atoms with Crippen LogP contribution >= 0.6 is 11.8 Å². The molecule has 0 fully saturated rings. The zero-order chi connectivity index (χ0) is 14.1. The summed E-state index contributed by atoms with van der Waals surface area (Å²) in [6.07, 6.45) is 2.22. The number of rotatable bonds is 9. The molecule has 8 heteroatoms. The van der Waals surface area contributed by atoms with Crippen LogP contribution < -0.4 is 16.8 Å². The van der Waals surface area contributed by atoms with E-state index in [1.807, 2.05) is 6.26 Å². The molecule has 0 heterocycles. The Morgan fingerprint density at radius 1 is 1.33 bits per heavy atom. The second kappa shape index (κ2) is 8.76. The molecule has 0 aromatic heterocycles. The predicted molar refractivity (Wildman–Crippen MR) is 69.0 cm³/mol. The monoisotopic (exact) mass is 277 g/mol. The van der Waals surface area contributed by atoms with Gasteiger partial charge in [-0.3, -0.25) is 9.59 Å². The number of primary amides is 1. The van der Waals surface area contributed by atoms with Crippen LogP contribution in [0, 0.1) is 0 Å². The summed E-state index contributed by atoms with van der Waals surface area (Å²) < 4.78 is 0. The van der Waals surface area contributed by atoms with E-state index in [1.165, 1.54) is 0 Å². The molecule has 1 unspecified atom stereocenters. The van der Waals surface area contributed by atoms with Gasteiger partial charge in [-0.2, -0.15) is 11.8 Å². The van der Waals surface area contributed by atoms with Crippen LogP contribution in [-0.2, 0) is 14.4 Å². The molecule has 0 aromatic rings. The van der Waals surface area contributed by atoms with Gasteiger partial charge in [-0.1, -0.05) is 0 Å². The molecule has 2 atom stereocenters. The Morgan fingerprint density at radius 3 is 2.39 bits per heavy atom. The number of carboxylic acids is 1. The maximum atomic E-state index is 11.6. The van der Waals surface area contributed by atoms with Crippen LogP contribution in [0.1, 0.15) is 19.3 Å². The first-order valence-corrected chi connectivity index (χ1v) is 6.83. The lowest BCUT2D eigenvalue weighted by Gasteiger charge is -2.17. The summed E-state index contributed by atoms with van der Waals surface area (Å²) in [5.74, 6) is -1.63. The first-order chi connectivity index (χ1) is 8.38. The van der Waals surface area contributed by atoms with Crippen molar-refractivity contribution in [2.45, 2.75) is 31.3 Å². The fraction of sp³-hybridized carbons (Fsp3) is 0.700. The third-order valence-electron chi connectivity index (χ3n) is 2.26. The van der Waals surface area contributed by atoms with Gasteiger partial charge in [0.25, 0.3) is 0 Å². The summed E-state index contributed by atoms with van der Waals surface area (Å²) in [6.45, 7) is 0. The molecule has 7 nitrogen and oxygen atoms in total. The number of hydrogen-bond acceptors (Lipinski definition) is 5. The fourth-order valence-corrected chi connectivity index (χ4v) is 1.69. The molecule has 6 N–H and O–H groups in total. The van der Waals surface area contributed by atoms with Crippen LogP contribution in [0.25, 0.3) is 0 Å². The Morgan fingerprint density at radius 2 is 1.94 bits per heavy atom. The van der Waals surface area contributed by atoms with Crippen molar-refractivity contribution in [2.75, 3.05) is 12.0 Å². The normalized spacial score (nSPS) is 13.7. The fourth-order valence-electron chi connectivity index (χ4n) is 1.20. The molecule has 0 saturated heterocycles. The molecule has 0 aromatic carbocycles. The highest BCUT2D eigenvalue weighted by atomic mass is 32.2. The first-order valence-electron chi connectivity index (χ1n) is 5.44. The number of carboxylic acid groups (broad SMARTS) is 1. The van der Waals surface area contributed by atoms with E-state index >= 15 is 0 Å². The summed E-state index contributed by atoms with van der Waals surface area (Å²) in [6, 6.07) is -1.88. The van der Waals surface area contributed by atoms with E-state index in [0.29, 0.717) is 12.2 Å². The maximum Gasteiger partial charge on any atom is 0.326 e. The highest BCUT2D eigenvalue weighted by Crippen LogP contribution is 2.01. The molecule has 0 aliphatic carbocycles. The Labute approximate surface area is 110 Å². The van der Waals surface area contributed by atoms with Crippen LogP contribution in [0.15, 0.2) is 0 Å². The van der Waals surface area contributed by atoms with Gasteiger partial charge in [-0.15, -0.1) is 0 Å². The number of aliphatic carboxylic acids is 1. The SMILES string of the molecule is CSCC[C@H](N)C(=O)NC(CCC(N)=O)C(=O)O. The minimum atomic E-state index is -1.21. The maximum absolute atomic E-state index is 11.6. The first kappa shape index (κ1) is 16.7. The summed E-state index contributed by atoms with van der Waals surface area (Å²) >= 11 is 1.55. The van der Waals surface area contributed by atoms with Gasteiger partial charge in [0, 0.05) is 6.42 Å². The molecular weight excluding hydrogens is 258 g/mol. The zero-order valence-electron chi connectivity index (χ0n) is 10.2. The Balaban J connectivity index is 4.26. The molecule has 0 saturated carbocycles. The van der Waals surface area contributed by atoms with Gasteiger partial charge in [0.2, 0.25) is 11.8 Å². The molecule has 0 bridgehead atoms. The van der Waals surface area contributed by atoms with Gasteiger partial charge in [-0.05, 0) is 24.9 Å². The number of carbonyl (C=O) groups excluding carboxylic acids is 2. The third-order valence-corrected chi connectivity index (χ3v) is 2.91. The molecule has 0 rings (SSSR count). The molecule has 18 heavy (non-hydrogen) atoms. The molecule has 0 aliphatic heterocycles. The quantitative estimate of drug-likeness (QED) is 0.422. The largest absolute Gasteiger partial charge is 0.480 e. The van der Waals surface area contributed by atoms with Crippen molar-refractivity contribution >= 4 is 29.5 Å². The van der Waals surface area contributed by atoms with Crippen LogP contribution in [0.4, 0.5) is 0 Å². The van der Waals surface area contributed by atoms with E-state index in [-0.39, 0.29) is 12.8 Å². The molecule has 2 amide bonds. The lowest BCUT2D eigenvalue weighted by atomic mass is 10.1. The standard InChI is InChI=1S/C10H19N3O4S/c1-18-5-4-6(11)9(15)13-7(10(16)17)2-3-8(12)14/h6-7H,2-5,11H2,1H3,(H2,12,14)(H,13,15)(H,16,17)/t6-,7?/m0/s1. The lowest BCUT2D eigenvalue weighted by Crippen LogP contribution is -2.48. The van der Waals surface area contributed by atoms with Crippen molar-refractivity contribution in [3.8, 4) is 0 Å². The Hall–Kier alpha value is -1.28. The van der Waals surface area contributed by atoms with Crippen molar-refractivity contribution in [3.63, 3.8) is 0 Å². The average Bonchev–Trinajstić information content (AvgIpc) is 2.30. The highest BCUT2D eigenvalue weighted by molar-refractivity contribution is 7.98. The minimum Gasteiger partial charge on any atom is -0.480 e. The van der Waals surface area contributed by atoms with Crippen LogP contribution in [-0.4, -0.2) is 47.0 Å². The summed E-state index contributed by atoms with van der Waals surface area (Å²) in [7, 11) is 0. The lowest BCUT2D eigenvalue weighted by molar-refractivity contribution is -0.142. The van der Waals surface area contributed by atoms with E-state index in [4.69, 9.17) is 16.6 Å². The molecule has 104 valence electrons. The van der Waals surface area contributed by atoms with Crippen molar-refractivity contribution in [1.82, 2.24) is 5.32 Å². The van der Waals surface area contributed by atoms with E-state index in [9.17, 15) is 14.4 Å². The van der Waals surface area contributed by atoms with Crippen LogP contribution in [0.5, 0.6) is 0 Å². The van der Waals surface area contributed by atoms with Gasteiger partial charge in [0.15, 0.2) is 0 Å². The third kappa shape index (κ3) is 7.13. The summed E-state index contributed by atoms with van der Waals surface area (Å²) in [4.78, 5) is 33.0. The highest BCUT2D eigenvalue weighted by Gasteiger charge is 2.23. The van der Waals surface area contributed by atoms with E-state index in [0.717, 1.165) is 0 Å². The number of nitrogens with two attached hydrogens (primary N) is 2. The second-order valence-corrected chi connectivity index (χ2v) is 4.78. The van der Waals surface area contributed by atoms with Crippen molar-refractivity contribution in [3.05, 3.63) is 0 Å². The Kier molecular flexibility index (Phi) is 8.14. The van der Waals surface area contributed by atoms with Gasteiger partial charge in [-0.25, -0.2) is 4.79 Å². The number of carbonyl (C=O) groups is 3.